The zero-order valence-electron chi connectivity index (χ0n) is 9.84. The molecule has 92 valence electrons. The fourth-order valence-corrected chi connectivity index (χ4v) is 1.73. The highest BCUT2D eigenvalue weighted by Crippen LogP contribution is 2.23. The molecular formula is C12H13N5S. The molecule has 2 rings (SSSR count). The van der Waals surface area contributed by atoms with E-state index < -0.39 is 0 Å². The van der Waals surface area contributed by atoms with E-state index in [1.165, 1.54) is 0 Å². The lowest BCUT2D eigenvalue weighted by atomic mass is 10.1. The number of nitrogens with two attached hydrogens (primary N) is 1. The van der Waals surface area contributed by atoms with Gasteiger partial charge in [0.15, 0.2) is 5.11 Å². The molecule has 0 saturated carbocycles. The molecule has 0 radical (unpaired) electrons. The van der Waals surface area contributed by atoms with Crippen LogP contribution in [0.3, 0.4) is 0 Å². The number of nitrogens with one attached hydrogen (secondary N) is 2. The van der Waals surface area contributed by atoms with Crippen LogP contribution in [-0.4, -0.2) is 23.4 Å². The van der Waals surface area contributed by atoms with Crippen molar-refractivity contribution in [1.29, 1.82) is 0 Å². The molecule has 1 aromatic carbocycles. The molecule has 2 aromatic rings. The number of thiocarbonyl (C=S) groups is 1. The molecule has 1 heterocycles. The van der Waals surface area contributed by atoms with Gasteiger partial charge in [0.2, 0.25) is 0 Å². The Hall–Kier alpha value is -2.21. The maximum Gasteiger partial charge on any atom is 0.184 e. The van der Waals surface area contributed by atoms with Gasteiger partial charge in [0.25, 0.3) is 0 Å². The van der Waals surface area contributed by atoms with E-state index in [0.717, 1.165) is 22.2 Å². The minimum absolute atomic E-state index is 0.127. The summed E-state index contributed by atoms with van der Waals surface area (Å²) in [5.41, 5.74) is 9.54. The molecule has 1 aromatic heterocycles. The Balaban J connectivity index is 2.46. The second-order valence-corrected chi connectivity index (χ2v) is 4.03. The first-order valence-electron chi connectivity index (χ1n) is 5.36. The minimum atomic E-state index is 0.127. The Labute approximate surface area is 110 Å². The van der Waals surface area contributed by atoms with Crippen molar-refractivity contribution in [2.75, 3.05) is 12.4 Å². The average Bonchev–Trinajstić information content (AvgIpc) is 2.38. The van der Waals surface area contributed by atoms with E-state index in [1.807, 2.05) is 31.3 Å². The number of aromatic nitrogens is 1. The molecule has 0 aliphatic heterocycles. The fourth-order valence-electron chi connectivity index (χ4n) is 1.67. The number of benzene rings is 1. The van der Waals surface area contributed by atoms with Crippen molar-refractivity contribution in [2.24, 2.45) is 10.8 Å². The van der Waals surface area contributed by atoms with Gasteiger partial charge in [-0.25, -0.2) is 0 Å². The third-order valence-electron chi connectivity index (χ3n) is 2.46. The summed E-state index contributed by atoms with van der Waals surface area (Å²) in [5, 5.41) is 9.26. The molecule has 0 aliphatic carbocycles. The van der Waals surface area contributed by atoms with Crippen molar-refractivity contribution in [3.8, 4) is 0 Å². The number of nitrogens with zero attached hydrogens (tertiary/aromatic N) is 2. The number of hydrogen-bond acceptors (Lipinski definition) is 4. The number of fused-ring (bicyclic) bond motifs is 1. The summed E-state index contributed by atoms with van der Waals surface area (Å²) < 4.78 is 0. The first-order chi connectivity index (χ1) is 8.72. The third-order valence-corrected chi connectivity index (χ3v) is 2.55. The monoisotopic (exact) mass is 259 g/mol. The molecule has 5 nitrogen and oxygen atoms in total. The van der Waals surface area contributed by atoms with Gasteiger partial charge in [-0.15, -0.1) is 0 Å². The second-order valence-electron chi connectivity index (χ2n) is 3.59. The Morgan fingerprint density at radius 3 is 2.78 bits per heavy atom. The van der Waals surface area contributed by atoms with Gasteiger partial charge in [0, 0.05) is 17.8 Å². The fraction of sp³-hybridized carbons (Fsp3) is 0.0833. The predicted octanol–water partition coefficient (Wildman–Crippen LogP) is 1.44. The smallest absolute Gasteiger partial charge is 0.184 e. The lowest BCUT2D eigenvalue weighted by molar-refractivity contribution is 1.04. The summed E-state index contributed by atoms with van der Waals surface area (Å²) in [6.07, 6.45) is 3.37. The van der Waals surface area contributed by atoms with Crippen LogP contribution in [-0.2, 0) is 0 Å². The van der Waals surface area contributed by atoms with Crippen LogP contribution in [0, 0.1) is 0 Å². The molecule has 6 heteroatoms. The quantitative estimate of drug-likeness (QED) is 0.442. The molecule has 18 heavy (non-hydrogen) atoms. The van der Waals surface area contributed by atoms with E-state index in [4.69, 9.17) is 5.73 Å². The van der Waals surface area contributed by atoms with Crippen molar-refractivity contribution in [3.05, 3.63) is 36.2 Å². The second kappa shape index (κ2) is 5.42. The molecule has 0 unspecified atom stereocenters. The van der Waals surface area contributed by atoms with Crippen LogP contribution < -0.4 is 16.5 Å². The number of hydrazone groups is 1. The number of rotatable bonds is 3. The maximum atomic E-state index is 5.29. The molecule has 4 N–H and O–H groups in total. The van der Waals surface area contributed by atoms with E-state index in [1.54, 1.807) is 12.4 Å². The van der Waals surface area contributed by atoms with Gasteiger partial charge in [-0.3, -0.25) is 10.4 Å². The Morgan fingerprint density at radius 2 is 2.11 bits per heavy atom. The summed E-state index contributed by atoms with van der Waals surface area (Å²) >= 11 is 4.67. The Bertz CT molecular complexity index is 608. The summed E-state index contributed by atoms with van der Waals surface area (Å²) in [5.74, 6) is 0. The predicted molar refractivity (Wildman–Crippen MR) is 78.8 cm³/mol. The molecule has 0 aliphatic rings. The topological polar surface area (TPSA) is 75.3 Å². The van der Waals surface area contributed by atoms with E-state index in [-0.39, 0.29) is 5.11 Å². The zero-order valence-corrected chi connectivity index (χ0v) is 10.7. The van der Waals surface area contributed by atoms with Crippen LogP contribution in [0.5, 0.6) is 0 Å². The number of pyridine rings is 1. The highest BCUT2D eigenvalue weighted by atomic mass is 32.1. The van der Waals surface area contributed by atoms with Gasteiger partial charge in [-0.2, -0.15) is 5.10 Å². The van der Waals surface area contributed by atoms with Crippen LogP contribution >= 0.6 is 12.2 Å². The highest BCUT2D eigenvalue weighted by molar-refractivity contribution is 7.80. The van der Waals surface area contributed by atoms with Gasteiger partial charge in [0.05, 0.1) is 23.8 Å². The van der Waals surface area contributed by atoms with Crippen molar-refractivity contribution in [2.45, 2.75) is 0 Å². The van der Waals surface area contributed by atoms with Crippen molar-refractivity contribution in [3.63, 3.8) is 0 Å². The van der Waals surface area contributed by atoms with Crippen LogP contribution in [0.25, 0.3) is 10.8 Å². The standard InChI is InChI=1S/C12H13N5S/c1-14-10-6-15-11(7-16-17-12(13)18)9-5-3-2-4-8(9)10/h2-7,14H,1H3,(H3,13,17,18)/b16-7-. The molecule has 0 atom stereocenters. The van der Waals surface area contributed by atoms with E-state index in [9.17, 15) is 0 Å². The molecule has 0 amide bonds. The van der Waals surface area contributed by atoms with Gasteiger partial charge in [0.1, 0.15) is 0 Å². The van der Waals surface area contributed by atoms with Crippen molar-refractivity contribution < 1.29 is 0 Å². The van der Waals surface area contributed by atoms with Gasteiger partial charge in [-0.05, 0) is 12.2 Å². The van der Waals surface area contributed by atoms with E-state index in [0.29, 0.717) is 0 Å². The first kappa shape index (κ1) is 12.3. The van der Waals surface area contributed by atoms with Gasteiger partial charge >= 0.3 is 0 Å². The van der Waals surface area contributed by atoms with Gasteiger partial charge in [-0.1, -0.05) is 24.3 Å². The van der Waals surface area contributed by atoms with Gasteiger partial charge < -0.3 is 11.1 Å². The lowest BCUT2D eigenvalue weighted by Crippen LogP contribution is -2.24. The number of anilines is 1. The molecule has 0 bridgehead atoms. The first-order valence-corrected chi connectivity index (χ1v) is 5.77. The Morgan fingerprint density at radius 1 is 1.39 bits per heavy atom. The zero-order chi connectivity index (χ0) is 13.0. The molecular weight excluding hydrogens is 246 g/mol. The SMILES string of the molecule is CNc1cnc(/C=N\NC(N)=S)c2ccccc12. The molecule has 0 saturated heterocycles. The largest absolute Gasteiger partial charge is 0.386 e. The normalized spacial score (nSPS) is 10.7. The molecule has 0 fully saturated rings. The Kier molecular flexibility index (Phi) is 3.69. The van der Waals surface area contributed by atoms with Crippen LogP contribution in [0.15, 0.2) is 35.6 Å². The van der Waals surface area contributed by atoms with Crippen LogP contribution in [0.2, 0.25) is 0 Å². The highest BCUT2D eigenvalue weighted by Gasteiger charge is 2.04. The maximum absolute atomic E-state index is 5.29. The number of hydrogen-bond donors (Lipinski definition) is 3. The lowest BCUT2D eigenvalue weighted by Gasteiger charge is -2.07. The molecule has 0 spiro atoms. The minimum Gasteiger partial charge on any atom is -0.386 e. The summed E-state index contributed by atoms with van der Waals surface area (Å²) in [7, 11) is 1.87. The van der Waals surface area contributed by atoms with Crippen molar-refractivity contribution in [1.82, 2.24) is 10.4 Å². The summed E-state index contributed by atoms with van der Waals surface area (Å²) in [6, 6.07) is 7.96. The van der Waals surface area contributed by atoms with Crippen molar-refractivity contribution >= 4 is 40.0 Å². The van der Waals surface area contributed by atoms with E-state index in [2.05, 4.69) is 33.0 Å². The van der Waals surface area contributed by atoms with Crippen LogP contribution in [0.4, 0.5) is 5.69 Å². The van der Waals surface area contributed by atoms with E-state index >= 15 is 0 Å². The summed E-state index contributed by atoms with van der Waals surface area (Å²) in [4.78, 5) is 4.34. The van der Waals surface area contributed by atoms with Crippen LogP contribution in [0.1, 0.15) is 5.69 Å². The average molecular weight is 259 g/mol. The summed E-state index contributed by atoms with van der Waals surface area (Å²) in [6.45, 7) is 0. The third kappa shape index (κ3) is 2.54.